The van der Waals surface area contributed by atoms with E-state index >= 15 is 0 Å². The molecule has 2 nitrogen and oxygen atoms in total. The molecule has 0 amide bonds. The topological polar surface area (TPSA) is 26.3 Å². The van der Waals surface area contributed by atoms with Gasteiger partial charge in [-0.3, -0.25) is 4.79 Å². The molecule has 0 saturated heterocycles. The van der Waals surface area contributed by atoms with Crippen molar-refractivity contribution in [3.63, 3.8) is 0 Å². The number of hydrogen-bond acceptors (Lipinski definition) is 3. The van der Waals surface area contributed by atoms with Crippen LogP contribution in [0.15, 0.2) is 53.0 Å². The van der Waals surface area contributed by atoms with Gasteiger partial charge in [0.15, 0.2) is 0 Å². The van der Waals surface area contributed by atoms with Crippen LogP contribution in [-0.2, 0) is 4.74 Å². The van der Waals surface area contributed by atoms with Gasteiger partial charge in [0.05, 0.1) is 7.11 Å². The van der Waals surface area contributed by atoms with Crippen molar-refractivity contribution in [1.82, 2.24) is 0 Å². The Kier molecular flexibility index (Phi) is 4.18. The third-order valence-corrected chi connectivity index (χ3v) is 2.80. The van der Waals surface area contributed by atoms with Crippen molar-refractivity contribution < 1.29 is 9.53 Å². The van der Waals surface area contributed by atoms with E-state index in [1.165, 1.54) is 11.8 Å². The Bertz CT molecular complexity index is 379. The molecule has 0 atom stereocenters. The normalized spacial score (nSPS) is 9.40. The van der Waals surface area contributed by atoms with E-state index in [0.717, 1.165) is 16.1 Å². The first-order chi connectivity index (χ1) is 7.17. The first-order valence-electron chi connectivity index (χ1n) is 4.32. The van der Waals surface area contributed by atoms with Crippen molar-refractivity contribution in [2.75, 3.05) is 7.11 Å². The van der Waals surface area contributed by atoms with Gasteiger partial charge in [0.25, 0.3) is 0 Å². The lowest BCUT2D eigenvalue weighted by atomic mass is 10.2. The number of aldehydes is 1. The van der Waals surface area contributed by atoms with Gasteiger partial charge < -0.3 is 4.74 Å². The zero-order valence-corrected chi connectivity index (χ0v) is 9.34. The highest BCUT2D eigenvalue weighted by atomic mass is 32.2. The molecular weight excluding hydrogens is 208 g/mol. The zero-order valence-electron chi connectivity index (χ0n) is 8.53. The van der Waals surface area contributed by atoms with Gasteiger partial charge in [-0.25, -0.2) is 0 Å². The summed E-state index contributed by atoms with van der Waals surface area (Å²) in [5.41, 5.74) is 0.663. The molecule has 1 aromatic carbocycles. The van der Waals surface area contributed by atoms with Gasteiger partial charge in [-0.1, -0.05) is 37.1 Å². The van der Waals surface area contributed by atoms with Crippen LogP contribution in [0, 0.1) is 0 Å². The lowest BCUT2D eigenvalue weighted by Gasteiger charge is -2.07. The molecule has 0 aromatic heterocycles. The number of carbonyl (C=O) groups excluding carboxylic acids is 1. The number of ether oxygens (including phenoxy) is 1. The number of hydrogen-bond donors (Lipinski definition) is 0. The molecule has 3 heteroatoms. The molecule has 15 heavy (non-hydrogen) atoms. The van der Waals surface area contributed by atoms with E-state index in [1.54, 1.807) is 19.2 Å². The number of carbonyl (C=O) groups is 1. The minimum atomic E-state index is 0.555. The summed E-state index contributed by atoms with van der Waals surface area (Å²) in [6.45, 7) is 7.54. The standard InChI is InChI=1S/C12H12O2S/c1-9(14-3)10(2)15-12-6-4-11(8-13)5-7-12/h4-8H,1-2H2,3H3. The predicted molar refractivity (Wildman–Crippen MR) is 63.0 cm³/mol. The summed E-state index contributed by atoms with van der Waals surface area (Å²) in [4.78, 5) is 12.2. The van der Waals surface area contributed by atoms with Crippen molar-refractivity contribution in [3.8, 4) is 0 Å². The summed E-state index contributed by atoms with van der Waals surface area (Å²) >= 11 is 1.46. The highest BCUT2D eigenvalue weighted by Crippen LogP contribution is 2.29. The molecule has 0 N–H and O–H groups in total. The average Bonchev–Trinajstić information content (AvgIpc) is 2.29. The van der Waals surface area contributed by atoms with Crippen LogP contribution in [0.5, 0.6) is 0 Å². The van der Waals surface area contributed by atoms with E-state index < -0.39 is 0 Å². The van der Waals surface area contributed by atoms with Crippen molar-refractivity contribution in [3.05, 3.63) is 53.7 Å². The summed E-state index contributed by atoms with van der Waals surface area (Å²) in [6, 6.07) is 7.25. The molecule has 0 fully saturated rings. The number of rotatable bonds is 5. The van der Waals surface area contributed by atoms with E-state index in [-0.39, 0.29) is 0 Å². The molecule has 1 rings (SSSR count). The van der Waals surface area contributed by atoms with Crippen LogP contribution < -0.4 is 0 Å². The van der Waals surface area contributed by atoms with E-state index in [2.05, 4.69) is 13.2 Å². The molecular formula is C12H12O2S. The van der Waals surface area contributed by atoms with Crippen molar-refractivity contribution in [2.24, 2.45) is 0 Å². The van der Waals surface area contributed by atoms with E-state index in [9.17, 15) is 4.79 Å². The van der Waals surface area contributed by atoms with Crippen LogP contribution in [0.2, 0.25) is 0 Å². The van der Waals surface area contributed by atoms with Crippen LogP contribution in [0.25, 0.3) is 0 Å². The van der Waals surface area contributed by atoms with Gasteiger partial charge in [-0.05, 0) is 12.1 Å². The number of thioether (sulfide) groups is 1. The van der Waals surface area contributed by atoms with Gasteiger partial charge in [0.1, 0.15) is 12.0 Å². The van der Waals surface area contributed by atoms with Crippen LogP contribution >= 0.6 is 11.8 Å². The lowest BCUT2D eigenvalue weighted by Crippen LogP contribution is -1.85. The van der Waals surface area contributed by atoms with Gasteiger partial charge in [0.2, 0.25) is 0 Å². The molecule has 0 spiro atoms. The van der Waals surface area contributed by atoms with Crippen LogP contribution in [0.3, 0.4) is 0 Å². The smallest absolute Gasteiger partial charge is 0.150 e. The SMILES string of the molecule is C=C(OC)C(=C)Sc1ccc(C=O)cc1. The van der Waals surface area contributed by atoms with Crippen LogP contribution in [0.1, 0.15) is 10.4 Å². The summed E-state index contributed by atoms with van der Waals surface area (Å²) in [5, 5.41) is 0. The molecule has 0 aliphatic heterocycles. The summed E-state index contributed by atoms with van der Waals surface area (Å²) in [7, 11) is 1.56. The van der Waals surface area contributed by atoms with Crippen LogP contribution in [0.4, 0.5) is 0 Å². The Hall–Kier alpha value is -1.48. The second-order valence-corrected chi connectivity index (χ2v) is 4.01. The Morgan fingerprint density at radius 1 is 1.33 bits per heavy atom. The highest BCUT2D eigenvalue weighted by molar-refractivity contribution is 8.03. The number of benzene rings is 1. The molecule has 1 aromatic rings. The van der Waals surface area contributed by atoms with Crippen LogP contribution in [-0.4, -0.2) is 13.4 Å². The van der Waals surface area contributed by atoms with Gasteiger partial charge in [0, 0.05) is 15.4 Å². The van der Waals surface area contributed by atoms with E-state index in [0.29, 0.717) is 11.3 Å². The summed E-state index contributed by atoms with van der Waals surface area (Å²) < 4.78 is 4.96. The van der Waals surface area contributed by atoms with Crippen molar-refractivity contribution in [2.45, 2.75) is 4.90 Å². The Morgan fingerprint density at radius 2 is 1.93 bits per heavy atom. The fourth-order valence-corrected chi connectivity index (χ4v) is 1.68. The molecule has 0 bridgehead atoms. The zero-order chi connectivity index (χ0) is 11.3. The van der Waals surface area contributed by atoms with E-state index in [1.807, 2.05) is 12.1 Å². The van der Waals surface area contributed by atoms with Gasteiger partial charge >= 0.3 is 0 Å². The maximum absolute atomic E-state index is 10.4. The minimum absolute atomic E-state index is 0.555. The molecule has 0 radical (unpaired) electrons. The van der Waals surface area contributed by atoms with Crippen molar-refractivity contribution in [1.29, 1.82) is 0 Å². The predicted octanol–water partition coefficient (Wildman–Crippen LogP) is 3.27. The third kappa shape index (κ3) is 3.29. The second-order valence-electron chi connectivity index (χ2n) is 2.84. The largest absolute Gasteiger partial charge is 0.496 e. The number of methoxy groups -OCH3 is 1. The van der Waals surface area contributed by atoms with Gasteiger partial charge in [-0.15, -0.1) is 0 Å². The summed E-state index contributed by atoms with van der Waals surface area (Å²) in [5.74, 6) is 0.555. The molecule has 0 aliphatic rings. The van der Waals surface area contributed by atoms with E-state index in [4.69, 9.17) is 4.74 Å². The summed E-state index contributed by atoms with van der Waals surface area (Å²) in [6.07, 6.45) is 0.817. The monoisotopic (exact) mass is 220 g/mol. The molecule has 0 aliphatic carbocycles. The molecule has 0 saturated carbocycles. The fraction of sp³-hybridized carbons (Fsp3) is 0.0833. The third-order valence-electron chi connectivity index (χ3n) is 1.81. The fourth-order valence-electron chi connectivity index (χ4n) is 0.927. The maximum atomic E-state index is 10.4. The quantitative estimate of drug-likeness (QED) is 0.330. The molecule has 0 heterocycles. The van der Waals surface area contributed by atoms with Gasteiger partial charge in [-0.2, -0.15) is 0 Å². The Labute approximate surface area is 93.6 Å². The minimum Gasteiger partial charge on any atom is -0.496 e. The molecule has 78 valence electrons. The lowest BCUT2D eigenvalue weighted by molar-refractivity contribution is 0.112. The molecule has 0 unspecified atom stereocenters. The Morgan fingerprint density at radius 3 is 2.40 bits per heavy atom. The Balaban J connectivity index is 2.69. The highest BCUT2D eigenvalue weighted by Gasteiger charge is 2.02. The second kappa shape index (κ2) is 5.41. The maximum Gasteiger partial charge on any atom is 0.150 e. The first kappa shape index (κ1) is 11.6. The first-order valence-corrected chi connectivity index (χ1v) is 5.14. The average molecular weight is 220 g/mol. The van der Waals surface area contributed by atoms with Crippen molar-refractivity contribution >= 4 is 18.0 Å².